The number of anilines is 1. The molecule has 2 N–H and O–H groups in total. The SMILES string of the molecule is O=C(Nc1ccc(Cc2ccccc2)nc1)c1n[nH]c2ccc(-c3cncc(CN4CCC(F)(F)CC4)c3)cc12. The van der Waals surface area contributed by atoms with Crippen molar-refractivity contribution < 1.29 is 13.6 Å². The summed E-state index contributed by atoms with van der Waals surface area (Å²) in [6, 6.07) is 21.6. The topological polar surface area (TPSA) is 86.8 Å². The van der Waals surface area contributed by atoms with Crippen LogP contribution in [-0.4, -0.2) is 50.0 Å². The van der Waals surface area contributed by atoms with Crippen molar-refractivity contribution in [3.8, 4) is 11.1 Å². The molecular formula is C31H28F2N6O. The number of carbonyl (C=O) groups excluding carboxylic acids is 1. The van der Waals surface area contributed by atoms with Crippen molar-refractivity contribution in [2.75, 3.05) is 18.4 Å². The standard InChI is InChI=1S/C31H28F2N6O/c32-31(33)10-12-39(13-11-31)20-22-14-24(18-34-17-22)23-6-9-28-27(16-23)29(38-37-28)30(40)36-26-8-7-25(35-19-26)15-21-4-2-1-3-5-21/h1-9,14,16-19H,10-13,15,20H2,(H,36,40)(H,37,38). The fourth-order valence-electron chi connectivity index (χ4n) is 4.99. The average molecular weight is 539 g/mol. The third-order valence-corrected chi connectivity index (χ3v) is 7.21. The van der Waals surface area contributed by atoms with Crippen LogP contribution < -0.4 is 5.32 Å². The smallest absolute Gasteiger partial charge is 0.276 e. The minimum Gasteiger partial charge on any atom is -0.319 e. The van der Waals surface area contributed by atoms with Crippen LogP contribution in [0.3, 0.4) is 0 Å². The molecule has 0 saturated carbocycles. The summed E-state index contributed by atoms with van der Waals surface area (Å²) in [5.74, 6) is -2.90. The highest BCUT2D eigenvalue weighted by Gasteiger charge is 2.33. The number of rotatable bonds is 7. The molecule has 202 valence electrons. The van der Waals surface area contributed by atoms with Gasteiger partial charge in [0.2, 0.25) is 0 Å². The average Bonchev–Trinajstić information content (AvgIpc) is 3.40. The molecule has 0 radical (unpaired) electrons. The molecule has 1 saturated heterocycles. The molecule has 1 fully saturated rings. The van der Waals surface area contributed by atoms with Gasteiger partial charge < -0.3 is 5.32 Å². The number of halogens is 2. The van der Waals surface area contributed by atoms with Gasteiger partial charge in [-0.2, -0.15) is 5.10 Å². The number of aromatic amines is 1. The Labute approximate surface area is 230 Å². The lowest BCUT2D eigenvalue weighted by atomic mass is 10.0. The Hall–Kier alpha value is -4.50. The van der Waals surface area contributed by atoms with Gasteiger partial charge in [-0.25, -0.2) is 8.78 Å². The number of pyridine rings is 2. The van der Waals surface area contributed by atoms with Crippen molar-refractivity contribution in [2.45, 2.75) is 31.7 Å². The zero-order valence-corrected chi connectivity index (χ0v) is 21.8. The predicted octanol–water partition coefficient (Wildman–Crippen LogP) is 6.09. The maximum absolute atomic E-state index is 13.5. The van der Waals surface area contributed by atoms with Crippen molar-refractivity contribution in [1.29, 1.82) is 0 Å². The monoisotopic (exact) mass is 538 g/mol. The molecule has 4 heterocycles. The third kappa shape index (κ3) is 5.89. The van der Waals surface area contributed by atoms with E-state index in [2.05, 4.69) is 37.6 Å². The van der Waals surface area contributed by atoms with Gasteiger partial charge in [0.15, 0.2) is 5.69 Å². The van der Waals surface area contributed by atoms with Crippen LogP contribution in [0.15, 0.2) is 85.3 Å². The number of hydrogen-bond donors (Lipinski definition) is 2. The van der Waals surface area contributed by atoms with E-state index in [1.54, 1.807) is 18.6 Å². The fraction of sp³-hybridized carbons (Fsp3) is 0.226. The van der Waals surface area contributed by atoms with Gasteiger partial charge in [-0.1, -0.05) is 36.4 Å². The summed E-state index contributed by atoms with van der Waals surface area (Å²) < 4.78 is 27.1. The van der Waals surface area contributed by atoms with E-state index in [4.69, 9.17) is 0 Å². The Bertz CT molecular complexity index is 1630. The number of H-pyrrole nitrogens is 1. The molecule has 0 bridgehead atoms. The van der Waals surface area contributed by atoms with E-state index >= 15 is 0 Å². The summed E-state index contributed by atoms with van der Waals surface area (Å²) >= 11 is 0. The summed E-state index contributed by atoms with van der Waals surface area (Å²) in [5.41, 5.74) is 6.40. The highest BCUT2D eigenvalue weighted by Crippen LogP contribution is 2.30. The fourth-order valence-corrected chi connectivity index (χ4v) is 4.99. The van der Waals surface area contributed by atoms with Crippen molar-refractivity contribution in [3.63, 3.8) is 0 Å². The molecule has 0 atom stereocenters. The van der Waals surface area contributed by atoms with Gasteiger partial charge in [0.25, 0.3) is 11.8 Å². The number of hydrogen-bond acceptors (Lipinski definition) is 5. The van der Waals surface area contributed by atoms with Gasteiger partial charge in [-0.05, 0) is 47.0 Å². The first-order valence-corrected chi connectivity index (χ1v) is 13.2. The van der Waals surface area contributed by atoms with E-state index in [1.807, 2.05) is 59.5 Å². The molecule has 9 heteroatoms. The second kappa shape index (κ2) is 10.9. The Morgan fingerprint density at radius 2 is 1.75 bits per heavy atom. The number of carbonyl (C=O) groups is 1. The van der Waals surface area contributed by atoms with Gasteiger partial charge in [0, 0.05) is 67.9 Å². The molecule has 5 aromatic rings. The Kier molecular flexibility index (Phi) is 7.04. The summed E-state index contributed by atoms with van der Waals surface area (Å²) in [6.07, 6.45) is 5.66. The quantitative estimate of drug-likeness (QED) is 0.262. The molecule has 3 aromatic heterocycles. The predicted molar refractivity (Wildman–Crippen MR) is 150 cm³/mol. The van der Waals surface area contributed by atoms with Crippen LogP contribution in [0.4, 0.5) is 14.5 Å². The molecule has 0 unspecified atom stereocenters. The van der Waals surface area contributed by atoms with Crippen molar-refractivity contribution in [3.05, 3.63) is 108 Å². The number of nitrogens with one attached hydrogen (secondary N) is 2. The van der Waals surface area contributed by atoms with Crippen LogP contribution >= 0.6 is 0 Å². The van der Waals surface area contributed by atoms with E-state index < -0.39 is 5.92 Å². The van der Waals surface area contributed by atoms with E-state index in [0.29, 0.717) is 37.1 Å². The molecule has 1 aliphatic rings. The molecule has 7 nitrogen and oxygen atoms in total. The summed E-state index contributed by atoms with van der Waals surface area (Å²) in [6.45, 7) is 1.29. The Morgan fingerprint density at radius 3 is 2.52 bits per heavy atom. The molecule has 6 rings (SSSR count). The number of nitrogens with zero attached hydrogens (tertiary/aromatic N) is 4. The van der Waals surface area contributed by atoms with Crippen molar-refractivity contribution in [2.24, 2.45) is 0 Å². The molecule has 1 aliphatic heterocycles. The zero-order valence-electron chi connectivity index (χ0n) is 21.8. The Morgan fingerprint density at radius 1 is 0.925 bits per heavy atom. The highest BCUT2D eigenvalue weighted by atomic mass is 19.3. The van der Waals surface area contributed by atoms with Crippen molar-refractivity contribution >= 4 is 22.5 Å². The summed E-state index contributed by atoms with van der Waals surface area (Å²) in [7, 11) is 0. The van der Waals surface area contributed by atoms with Crippen LogP contribution in [0.5, 0.6) is 0 Å². The molecular weight excluding hydrogens is 510 g/mol. The molecule has 0 aliphatic carbocycles. The maximum atomic E-state index is 13.5. The number of likely N-dealkylation sites (tertiary alicyclic amines) is 1. The Balaban J connectivity index is 1.16. The molecule has 40 heavy (non-hydrogen) atoms. The first-order chi connectivity index (χ1) is 19.4. The minimum absolute atomic E-state index is 0.115. The number of piperidine rings is 1. The second-order valence-electron chi connectivity index (χ2n) is 10.2. The number of fused-ring (bicyclic) bond motifs is 1. The lowest BCUT2D eigenvalue weighted by Crippen LogP contribution is -2.38. The normalized spacial score (nSPS) is 15.2. The van der Waals surface area contributed by atoms with Crippen LogP contribution in [0, 0.1) is 0 Å². The van der Waals surface area contributed by atoms with E-state index in [-0.39, 0.29) is 24.4 Å². The number of amides is 1. The van der Waals surface area contributed by atoms with Gasteiger partial charge >= 0.3 is 0 Å². The van der Waals surface area contributed by atoms with Crippen LogP contribution in [0.1, 0.15) is 40.2 Å². The van der Waals surface area contributed by atoms with Crippen molar-refractivity contribution in [1.82, 2.24) is 25.1 Å². The van der Waals surface area contributed by atoms with Crippen LogP contribution in [0.25, 0.3) is 22.0 Å². The second-order valence-corrected chi connectivity index (χ2v) is 10.2. The number of aromatic nitrogens is 4. The lowest BCUT2D eigenvalue weighted by molar-refractivity contribution is -0.0566. The first kappa shape index (κ1) is 25.8. The van der Waals surface area contributed by atoms with Gasteiger partial charge in [0.05, 0.1) is 17.4 Å². The van der Waals surface area contributed by atoms with E-state index in [1.165, 1.54) is 5.56 Å². The van der Waals surface area contributed by atoms with Gasteiger partial charge in [-0.3, -0.25) is 24.8 Å². The zero-order chi connectivity index (χ0) is 27.5. The lowest BCUT2D eigenvalue weighted by Gasteiger charge is -2.31. The molecule has 2 aromatic carbocycles. The van der Waals surface area contributed by atoms with Gasteiger partial charge in [-0.15, -0.1) is 0 Å². The maximum Gasteiger partial charge on any atom is 0.276 e. The van der Waals surface area contributed by atoms with E-state index in [9.17, 15) is 13.6 Å². The van der Waals surface area contributed by atoms with Crippen LogP contribution in [-0.2, 0) is 13.0 Å². The van der Waals surface area contributed by atoms with Gasteiger partial charge in [0.1, 0.15) is 0 Å². The summed E-state index contributed by atoms with van der Waals surface area (Å²) in [5, 5.41) is 10.8. The third-order valence-electron chi connectivity index (χ3n) is 7.21. The highest BCUT2D eigenvalue weighted by molar-refractivity contribution is 6.11. The number of benzene rings is 2. The van der Waals surface area contributed by atoms with Crippen LogP contribution in [0.2, 0.25) is 0 Å². The van der Waals surface area contributed by atoms with E-state index in [0.717, 1.165) is 27.9 Å². The summed E-state index contributed by atoms with van der Waals surface area (Å²) in [4.78, 5) is 24.0. The minimum atomic E-state index is -2.57. The largest absolute Gasteiger partial charge is 0.319 e. The molecule has 0 spiro atoms. The first-order valence-electron chi connectivity index (χ1n) is 13.2. The molecule has 1 amide bonds. The number of alkyl halides is 2.